The van der Waals surface area contributed by atoms with Crippen LogP contribution in [0.5, 0.6) is 0 Å². The number of aliphatic hydroxyl groups is 1. The molecule has 1 aliphatic rings. The molecule has 0 saturated carbocycles. The van der Waals surface area contributed by atoms with Gasteiger partial charge in [-0.1, -0.05) is 24.3 Å². The Morgan fingerprint density at radius 2 is 1.58 bits per heavy atom. The van der Waals surface area contributed by atoms with Crippen molar-refractivity contribution in [3.05, 3.63) is 42.3 Å². The van der Waals surface area contributed by atoms with E-state index >= 15 is 0 Å². The van der Waals surface area contributed by atoms with Crippen LogP contribution in [0.1, 0.15) is 51.7 Å². The number of likely N-dealkylation sites (tertiary alicyclic amines) is 1. The van der Waals surface area contributed by atoms with Gasteiger partial charge in [-0.05, 0) is 58.6 Å². The zero-order valence-corrected chi connectivity index (χ0v) is 12.6. The summed E-state index contributed by atoms with van der Waals surface area (Å²) in [5.74, 6) is 0. The highest BCUT2D eigenvalue weighted by molar-refractivity contribution is 5.24. The fourth-order valence-electron chi connectivity index (χ4n) is 3.52. The summed E-state index contributed by atoms with van der Waals surface area (Å²) < 4.78 is 0. The molecule has 0 spiro atoms. The highest BCUT2D eigenvalue weighted by atomic mass is 16.3. The fourth-order valence-corrected chi connectivity index (χ4v) is 3.52. The number of rotatable bonds is 2. The summed E-state index contributed by atoms with van der Waals surface area (Å²) in [6.07, 6.45) is 1.48. The zero-order valence-electron chi connectivity index (χ0n) is 12.6. The number of hydrogen-bond donors (Lipinski definition) is 1. The first-order chi connectivity index (χ1) is 8.71. The topological polar surface area (TPSA) is 23.5 Å². The quantitative estimate of drug-likeness (QED) is 0.881. The molecule has 2 nitrogen and oxygen atoms in total. The molecule has 1 saturated heterocycles. The van der Waals surface area contributed by atoms with Gasteiger partial charge in [0.25, 0.3) is 0 Å². The van der Waals surface area contributed by atoms with Gasteiger partial charge in [-0.2, -0.15) is 0 Å². The van der Waals surface area contributed by atoms with Crippen molar-refractivity contribution in [3.63, 3.8) is 0 Å². The van der Waals surface area contributed by atoms with Crippen LogP contribution in [0.25, 0.3) is 0 Å². The second-order valence-corrected chi connectivity index (χ2v) is 7.09. The van der Waals surface area contributed by atoms with Crippen molar-refractivity contribution < 1.29 is 5.11 Å². The van der Waals surface area contributed by atoms with Crippen LogP contribution in [0.2, 0.25) is 0 Å². The van der Waals surface area contributed by atoms with Gasteiger partial charge in [0.15, 0.2) is 0 Å². The van der Waals surface area contributed by atoms with E-state index in [1.807, 2.05) is 0 Å². The molecule has 1 N–H and O–H groups in total. The average molecular weight is 260 g/mol. The summed E-state index contributed by atoms with van der Waals surface area (Å²) >= 11 is 0. The molecule has 2 heteroatoms. The van der Waals surface area contributed by atoms with Crippen LogP contribution in [-0.4, -0.2) is 27.2 Å². The number of hydrogen-bond acceptors (Lipinski definition) is 2. The van der Waals surface area contributed by atoms with Gasteiger partial charge < -0.3 is 5.11 Å². The Bertz CT molecular complexity index is 415. The molecule has 1 fully saturated rings. The van der Waals surface area contributed by atoms with Crippen molar-refractivity contribution in [1.82, 2.24) is 4.90 Å². The van der Waals surface area contributed by atoms with Crippen molar-refractivity contribution in [1.29, 1.82) is 0 Å². The lowest BCUT2D eigenvalue weighted by Crippen LogP contribution is -2.61. The first-order valence-corrected chi connectivity index (χ1v) is 7.07. The third-order valence-electron chi connectivity index (χ3n) is 4.30. The molecule has 1 heterocycles. The first kappa shape index (κ1) is 14.5. The maximum absolute atomic E-state index is 10.1. The normalized spacial score (nSPS) is 23.5. The van der Waals surface area contributed by atoms with Crippen molar-refractivity contribution in [2.75, 3.05) is 0 Å². The van der Waals surface area contributed by atoms with Gasteiger partial charge in [0, 0.05) is 17.6 Å². The van der Waals surface area contributed by atoms with Gasteiger partial charge in [-0.3, -0.25) is 4.90 Å². The van der Waals surface area contributed by atoms with E-state index in [-0.39, 0.29) is 17.2 Å². The number of aliphatic hydroxyl groups excluding tert-OH is 1. The molecule has 0 unspecified atom stereocenters. The van der Waals surface area contributed by atoms with E-state index in [0.717, 1.165) is 24.9 Å². The van der Waals surface area contributed by atoms with Crippen molar-refractivity contribution in [3.8, 4) is 0 Å². The van der Waals surface area contributed by atoms with Gasteiger partial charge in [0.05, 0.1) is 6.10 Å². The lowest BCUT2D eigenvalue weighted by molar-refractivity contribution is -0.0860. The van der Waals surface area contributed by atoms with Crippen LogP contribution >= 0.6 is 0 Å². The molecule has 0 atom stereocenters. The summed E-state index contributed by atoms with van der Waals surface area (Å²) in [7, 11) is 0. The Labute approximate surface area is 117 Å². The minimum Gasteiger partial charge on any atom is -0.393 e. The Kier molecular flexibility index (Phi) is 3.76. The van der Waals surface area contributed by atoms with Crippen LogP contribution < -0.4 is 0 Å². The standard InChI is InChI=1S/C17H26NO/c1-13-6-8-14(9-7-13)12-18-16(2,3)10-15(19)11-17(18,4)5/h6-9,15,19H,1,10-12H2,2-5H3. The monoisotopic (exact) mass is 260 g/mol. The Morgan fingerprint density at radius 3 is 2.05 bits per heavy atom. The van der Waals surface area contributed by atoms with Gasteiger partial charge in [0.1, 0.15) is 0 Å². The van der Waals surface area contributed by atoms with E-state index in [1.165, 1.54) is 5.56 Å². The molecule has 2 rings (SSSR count). The highest BCUT2D eigenvalue weighted by Gasteiger charge is 2.44. The Hall–Kier alpha value is -0.860. The summed E-state index contributed by atoms with van der Waals surface area (Å²) in [5, 5.41) is 10.1. The maximum atomic E-state index is 10.1. The van der Waals surface area contributed by atoms with Gasteiger partial charge in [0.2, 0.25) is 0 Å². The molecule has 0 amide bonds. The summed E-state index contributed by atoms with van der Waals surface area (Å²) in [6.45, 7) is 13.8. The van der Waals surface area contributed by atoms with E-state index < -0.39 is 0 Å². The van der Waals surface area contributed by atoms with E-state index in [4.69, 9.17) is 0 Å². The van der Waals surface area contributed by atoms with Crippen LogP contribution in [0.15, 0.2) is 24.3 Å². The molecular weight excluding hydrogens is 234 g/mol. The van der Waals surface area contributed by atoms with Crippen molar-refractivity contribution in [2.45, 2.75) is 64.3 Å². The van der Waals surface area contributed by atoms with Crippen molar-refractivity contribution in [2.24, 2.45) is 0 Å². The van der Waals surface area contributed by atoms with Crippen LogP contribution in [-0.2, 0) is 6.54 Å². The molecule has 0 aromatic heterocycles. The van der Waals surface area contributed by atoms with Crippen molar-refractivity contribution >= 4 is 0 Å². The van der Waals surface area contributed by atoms with Gasteiger partial charge >= 0.3 is 0 Å². The SMILES string of the molecule is [CH2]c1ccc(CN2C(C)(C)CC(O)CC2(C)C)cc1. The van der Waals surface area contributed by atoms with Crippen LogP contribution in [0.4, 0.5) is 0 Å². The van der Waals surface area contributed by atoms with Gasteiger partial charge in [-0.15, -0.1) is 0 Å². The minimum atomic E-state index is -0.191. The minimum absolute atomic E-state index is 0.0182. The third kappa shape index (κ3) is 3.18. The lowest BCUT2D eigenvalue weighted by Gasteiger charge is -2.54. The molecular formula is C17H26NO. The zero-order chi connectivity index (χ0) is 14.3. The number of nitrogens with zero attached hydrogens (tertiary/aromatic N) is 1. The number of benzene rings is 1. The summed E-state index contributed by atoms with van der Waals surface area (Å²) in [4.78, 5) is 2.52. The predicted molar refractivity (Wildman–Crippen MR) is 79.8 cm³/mol. The molecule has 1 aromatic carbocycles. The molecule has 0 aliphatic carbocycles. The summed E-state index contributed by atoms with van der Waals surface area (Å²) in [6, 6.07) is 8.43. The third-order valence-corrected chi connectivity index (χ3v) is 4.30. The molecule has 1 radical (unpaired) electrons. The number of piperidine rings is 1. The second kappa shape index (κ2) is 4.92. The smallest absolute Gasteiger partial charge is 0.0575 e. The highest BCUT2D eigenvalue weighted by Crippen LogP contribution is 2.39. The Morgan fingerprint density at radius 1 is 1.11 bits per heavy atom. The molecule has 1 aromatic rings. The molecule has 19 heavy (non-hydrogen) atoms. The lowest BCUT2D eigenvalue weighted by atomic mass is 9.78. The van der Waals surface area contributed by atoms with Crippen LogP contribution in [0.3, 0.4) is 0 Å². The van der Waals surface area contributed by atoms with E-state index in [1.54, 1.807) is 0 Å². The fraction of sp³-hybridized carbons (Fsp3) is 0.588. The summed E-state index contributed by atoms with van der Waals surface area (Å²) in [5.41, 5.74) is 2.40. The second-order valence-electron chi connectivity index (χ2n) is 7.09. The average Bonchev–Trinajstić information content (AvgIpc) is 2.24. The van der Waals surface area contributed by atoms with Crippen LogP contribution in [0, 0.1) is 6.92 Å². The van der Waals surface area contributed by atoms with E-state index in [2.05, 4.69) is 63.8 Å². The van der Waals surface area contributed by atoms with E-state index in [9.17, 15) is 5.11 Å². The Balaban J connectivity index is 2.23. The largest absolute Gasteiger partial charge is 0.393 e. The van der Waals surface area contributed by atoms with Gasteiger partial charge in [-0.25, -0.2) is 0 Å². The van der Waals surface area contributed by atoms with E-state index in [0.29, 0.717) is 0 Å². The molecule has 1 aliphatic heterocycles. The maximum Gasteiger partial charge on any atom is 0.0575 e. The first-order valence-electron chi connectivity index (χ1n) is 7.07. The molecule has 0 bridgehead atoms. The predicted octanol–water partition coefficient (Wildman–Crippen LogP) is 3.38. The molecule has 105 valence electrons.